The van der Waals surface area contributed by atoms with E-state index in [2.05, 4.69) is 5.32 Å². The third-order valence-electron chi connectivity index (χ3n) is 5.23. The molecule has 6 heteroatoms. The third kappa shape index (κ3) is 3.53. The number of amides is 1. The van der Waals surface area contributed by atoms with Gasteiger partial charge in [0.15, 0.2) is 0 Å². The van der Waals surface area contributed by atoms with Crippen LogP contribution < -0.4 is 5.32 Å². The van der Waals surface area contributed by atoms with Crippen LogP contribution in [-0.4, -0.2) is 30.9 Å². The number of nitrogens with zero attached hydrogens (tertiary/aromatic N) is 1. The van der Waals surface area contributed by atoms with Crippen LogP contribution in [0.5, 0.6) is 0 Å². The lowest BCUT2D eigenvalue weighted by atomic mass is 10.00. The van der Waals surface area contributed by atoms with Gasteiger partial charge in [-0.2, -0.15) is 4.31 Å². The van der Waals surface area contributed by atoms with Crippen molar-refractivity contribution in [2.45, 2.75) is 19.9 Å². The Bertz CT molecular complexity index is 1150. The fourth-order valence-electron chi connectivity index (χ4n) is 3.65. The predicted octanol–water partition coefficient (Wildman–Crippen LogP) is 3.80. The minimum Gasteiger partial charge on any atom is -0.322 e. The Morgan fingerprint density at radius 2 is 1.82 bits per heavy atom. The predicted molar refractivity (Wildman–Crippen MR) is 112 cm³/mol. The van der Waals surface area contributed by atoms with E-state index in [1.807, 2.05) is 60.7 Å². The van der Waals surface area contributed by atoms with E-state index in [0.29, 0.717) is 30.8 Å². The van der Waals surface area contributed by atoms with Gasteiger partial charge in [-0.05, 0) is 53.4 Å². The SMILES string of the molecule is CCS(=O)(=O)N1CCc2ccc(NC(=O)c3cccc4ccccc34)cc2C1. The molecular formula is C22H22N2O3S. The van der Waals surface area contributed by atoms with E-state index in [-0.39, 0.29) is 11.7 Å². The minimum absolute atomic E-state index is 0.0971. The van der Waals surface area contributed by atoms with Crippen LogP contribution in [0.2, 0.25) is 0 Å². The zero-order valence-corrected chi connectivity index (χ0v) is 16.5. The van der Waals surface area contributed by atoms with Gasteiger partial charge in [0, 0.05) is 24.3 Å². The summed E-state index contributed by atoms with van der Waals surface area (Å²) < 4.78 is 25.9. The van der Waals surface area contributed by atoms with E-state index >= 15 is 0 Å². The monoisotopic (exact) mass is 394 g/mol. The van der Waals surface area contributed by atoms with E-state index in [1.165, 1.54) is 4.31 Å². The average molecular weight is 394 g/mol. The Labute approximate surface area is 165 Å². The Balaban J connectivity index is 1.60. The van der Waals surface area contributed by atoms with Crippen molar-refractivity contribution >= 4 is 32.4 Å². The first-order valence-corrected chi connectivity index (χ1v) is 11.0. The van der Waals surface area contributed by atoms with Gasteiger partial charge in [-0.1, -0.05) is 42.5 Å². The van der Waals surface area contributed by atoms with E-state index in [1.54, 1.807) is 6.92 Å². The summed E-state index contributed by atoms with van der Waals surface area (Å²) in [6.07, 6.45) is 0.687. The largest absolute Gasteiger partial charge is 0.322 e. The quantitative estimate of drug-likeness (QED) is 0.732. The molecule has 0 aromatic heterocycles. The summed E-state index contributed by atoms with van der Waals surface area (Å²) in [4.78, 5) is 12.8. The van der Waals surface area contributed by atoms with Crippen LogP contribution in [-0.2, 0) is 23.0 Å². The Morgan fingerprint density at radius 3 is 2.64 bits per heavy atom. The standard InChI is InChI=1S/C22H22N2O3S/c1-2-28(26,27)24-13-12-16-10-11-19(14-18(16)15-24)23-22(25)21-9-5-7-17-6-3-4-8-20(17)21/h3-11,14H,2,12-13,15H2,1H3,(H,23,25). The van der Waals surface area contributed by atoms with Gasteiger partial charge in [0.2, 0.25) is 10.0 Å². The molecule has 5 nitrogen and oxygen atoms in total. The highest BCUT2D eigenvalue weighted by atomic mass is 32.2. The van der Waals surface area contributed by atoms with Crippen LogP contribution in [0, 0.1) is 0 Å². The number of carbonyl (C=O) groups excluding carboxylic acids is 1. The maximum Gasteiger partial charge on any atom is 0.256 e. The molecule has 0 atom stereocenters. The van der Waals surface area contributed by atoms with Gasteiger partial charge in [-0.25, -0.2) is 8.42 Å². The lowest BCUT2D eigenvalue weighted by molar-refractivity contribution is 0.102. The second-order valence-corrected chi connectivity index (χ2v) is 9.21. The molecule has 3 aromatic carbocycles. The second kappa shape index (κ2) is 7.37. The van der Waals surface area contributed by atoms with Gasteiger partial charge >= 0.3 is 0 Å². The van der Waals surface area contributed by atoms with Crippen molar-refractivity contribution < 1.29 is 13.2 Å². The van der Waals surface area contributed by atoms with E-state index in [0.717, 1.165) is 21.9 Å². The molecule has 0 saturated carbocycles. The first-order chi connectivity index (χ1) is 13.5. The Hall–Kier alpha value is -2.70. The van der Waals surface area contributed by atoms with E-state index in [9.17, 15) is 13.2 Å². The molecule has 0 saturated heterocycles. The van der Waals surface area contributed by atoms with E-state index < -0.39 is 10.0 Å². The fraction of sp³-hybridized carbons (Fsp3) is 0.227. The van der Waals surface area contributed by atoms with Gasteiger partial charge in [-0.15, -0.1) is 0 Å². The van der Waals surface area contributed by atoms with Crippen LogP contribution >= 0.6 is 0 Å². The van der Waals surface area contributed by atoms with Crippen molar-refractivity contribution in [2.24, 2.45) is 0 Å². The van der Waals surface area contributed by atoms with Crippen molar-refractivity contribution in [3.8, 4) is 0 Å². The molecule has 0 aliphatic carbocycles. The van der Waals surface area contributed by atoms with Crippen molar-refractivity contribution in [2.75, 3.05) is 17.6 Å². The lowest BCUT2D eigenvalue weighted by Crippen LogP contribution is -2.36. The number of rotatable bonds is 4. The highest BCUT2D eigenvalue weighted by molar-refractivity contribution is 7.89. The number of nitrogens with one attached hydrogen (secondary N) is 1. The third-order valence-corrected chi connectivity index (χ3v) is 7.06. The molecule has 144 valence electrons. The number of sulfonamides is 1. The summed E-state index contributed by atoms with van der Waals surface area (Å²) in [5, 5.41) is 4.88. The summed E-state index contributed by atoms with van der Waals surface area (Å²) in [5.74, 6) is -0.0783. The molecule has 1 aliphatic heterocycles. The number of benzene rings is 3. The van der Waals surface area contributed by atoms with Crippen LogP contribution in [0.15, 0.2) is 60.7 Å². The topological polar surface area (TPSA) is 66.5 Å². The van der Waals surface area contributed by atoms with Gasteiger partial charge in [0.05, 0.1) is 5.75 Å². The molecule has 1 amide bonds. The highest BCUT2D eigenvalue weighted by Gasteiger charge is 2.25. The Morgan fingerprint density at radius 1 is 1.04 bits per heavy atom. The van der Waals surface area contributed by atoms with Gasteiger partial charge in [-0.3, -0.25) is 4.79 Å². The number of hydrogen-bond donors (Lipinski definition) is 1. The molecular weight excluding hydrogens is 372 g/mol. The molecule has 4 rings (SSSR count). The molecule has 1 N–H and O–H groups in total. The van der Waals surface area contributed by atoms with E-state index in [4.69, 9.17) is 0 Å². The maximum absolute atomic E-state index is 12.8. The lowest BCUT2D eigenvalue weighted by Gasteiger charge is -2.28. The summed E-state index contributed by atoms with van der Waals surface area (Å²) in [6.45, 7) is 2.51. The second-order valence-electron chi connectivity index (χ2n) is 6.95. The summed E-state index contributed by atoms with van der Waals surface area (Å²) >= 11 is 0. The molecule has 1 aliphatic rings. The van der Waals surface area contributed by atoms with Crippen molar-refractivity contribution in [1.29, 1.82) is 0 Å². The van der Waals surface area contributed by atoms with Crippen molar-refractivity contribution in [3.05, 3.63) is 77.4 Å². The molecule has 3 aromatic rings. The first-order valence-electron chi connectivity index (χ1n) is 9.36. The molecule has 0 unspecified atom stereocenters. The minimum atomic E-state index is -3.22. The summed E-state index contributed by atoms with van der Waals surface area (Å²) in [6, 6.07) is 19.2. The highest BCUT2D eigenvalue weighted by Crippen LogP contribution is 2.25. The van der Waals surface area contributed by atoms with Gasteiger partial charge in [0.1, 0.15) is 0 Å². The first kappa shape index (κ1) is 18.7. The van der Waals surface area contributed by atoms with Crippen LogP contribution in [0.3, 0.4) is 0 Å². The number of fused-ring (bicyclic) bond motifs is 2. The molecule has 28 heavy (non-hydrogen) atoms. The molecule has 0 fully saturated rings. The van der Waals surface area contributed by atoms with Gasteiger partial charge < -0.3 is 5.32 Å². The van der Waals surface area contributed by atoms with Crippen LogP contribution in [0.1, 0.15) is 28.4 Å². The summed E-state index contributed by atoms with van der Waals surface area (Å²) in [5.41, 5.74) is 3.36. The fourth-order valence-corrected chi connectivity index (χ4v) is 4.72. The van der Waals surface area contributed by atoms with Gasteiger partial charge in [0.25, 0.3) is 5.91 Å². The number of hydrogen-bond acceptors (Lipinski definition) is 3. The van der Waals surface area contributed by atoms with Crippen molar-refractivity contribution in [1.82, 2.24) is 4.31 Å². The summed E-state index contributed by atoms with van der Waals surface area (Å²) in [7, 11) is -3.22. The van der Waals surface area contributed by atoms with Crippen molar-refractivity contribution in [3.63, 3.8) is 0 Å². The zero-order valence-electron chi connectivity index (χ0n) is 15.7. The Kier molecular flexibility index (Phi) is 4.91. The number of anilines is 1. The maximum atomic E-state index is 12.8. The molecule has 0 spiro atoms. The molecule has 1 heterocycles. The van der Waals surface area contributed by atoms with Crippen LogP contribution in [0.25, 0.3) is 10.8 Å². The smallest absolute Gasteiger partial charge is 0.256 e. The average Bonchev–Trinajstić information content (AvgIpc) is 2.72. The van der Waals surface area contributed by atoms with Crippen LogP contribution in [0.4, 0.5) is 5.69 Å². The molecule has 0 bridgehead atoms. The number of carbonyl (C=O) groups is 1. The normalized spacial score (nSPS) is 14.6. The zero-order chi connectivity index (χ0) is 19.7. The molecule has 0 radical (unpaired) electrons.